The molecule has 3 rings (SSSR count). The lowest BCUT2D eigenvalue weighted by molar-refractivity contribution is 0.0286. The predicted octanol–water partition coefficient (Wildman–Crippen LogP) is 1.96. The summed E-state index contributed by atoms with van der Waals surface area (Å²) >= 11 is 0. The number of piperidine rings is 1. The highest BCUT2D eigenvalue weighted by Crippen LogP contribution is 2.37. The molecule has 2 aliphatic rings. The normalized spacial score (nSPS) is 28.6. The summed E-state index contributed by atoms with van der Waals surface area (Å²) in [7, 11) is 1.40. The zero-order valence-corrected chi connectivity index (χ0v) is 11.4. The zero-order chi connectivity index (χ0) is 14.3. The predicted molar refractivity (Wildman–Crippen MR) is 71.2 cm³/mol. The molecule has 0 spiro atoms. The number of carbonyl (C=O) groups excluding carboxylic acids is 1. The van der Waals surface area contributed by atoms with Gasteiger partial charge in [-0.05, 0) is 43.9 Å². The van der Waals surface area contributed by atoms with Crippen LogP contribution in [-0.4, -0.2) is 41.2 Å². The van der Waals surface area contributed by atoms with E-state index in [2.05, 4.69) is 0 Å². The number of rotatable bonds is 2. The van der Waals surface area contributed by atoms with Crippen molar-refractivity contribution >= 4 is 5.91 Å². The third-order valence-corrected chi connectivity index (χ3v) is 4.34. The van der Waals surface area contributed by atoms with Gasteiger partial charge in [0.1, 0.15) is 0 Å². The standard InChI is InChI=1S/C15H18FNO3/c1-20-14-5-2-9(6-13(14)16)15(19)17-10-3-4-11(17)8-12(18)7-10/h2,5-6,10-12,18H,3-4,7-8H2,1H3. The molecular weight excluding hydrogens is 261 g/mol. The second kappa shape index (κ2) is 5.05. The molecule has 20 heavy (non-hydrogen) atoms. The molecule has 2 aliphatic heterocycles. The second-order valence-electron chi connectivity index (χ2n) is 5.57. The summed E-state index contributed by atoms with van der Waals surface area (Å²) in [6.07, 6.45) is 2.78. The van der Waals surface area contributed by atoms with Gasteiger partial charge >= 0.3 is 0 Å². The molecule has 2 unspecified atom stereocenters. The molecule has 0 radical (unpaired) electrons. The number of aliphatic hydroxyl groups excluding tert-OH is 1. The van der Waals surface area contributed by atoms with Crippen molar-refractivity contribution in [1.29, 1.82) is 0 Å². The average Bonchev–Trinajstić information content (AvgIpc) is 2.70. The third kappa shape index (κ3) is 2.16. The Morgan fingerprint density at radius 2 is 2.00 bits per heavy atom. The van der Waals surface area contributed by atoms with Crippen LogP contribution in [0, 0.1) is 5.82 Å². The van der Waals surface area contributed by atoms with Crippen LogP contribution in [0.25, 0.3) is 0 Å². The van der Waals surface area contributed by atoms with Crippen LogP contribution in [-0.2, 0) is 0 Å². The number of methoxy groups -OCH3 is 1. The van der Waals surface area contributed by atoms with E-state index in [-0.39, 0.29) is 29.8 Å². The molecule has 2 saturated heterocycles. The number of ether oxygens (including phenoxy) is 1. The van der Waals surface area contributed by atoms with Crippen LogP contribution in [0.2, 0.25) is 0 Å². The Balaban J connectivity index is 1.84. The van der Waals surface area contributed by atoms with E-state index in [1.165, 1.54) is 19.2 Å². The van der Waals surface area contributed by atoms with Crippen molar-refractivity contribution in [1.82, 2.24) is 4.90 Å². The molecule has 2 fully saturated rings. The number of hydrogen-bond donors (Lipinski definition) is 1. The Morgan fingerprint density at radius 3 is 2.55 bits per heavy atom. The largest absolute Gasteiger partial charge is 0.494 e. The Hall–Kier alpha value is -1.62. The van der Waals surface area contributed by atoms with Crippen molar-refractivity contribution in [2.75, 3.05) is 7.11 Å². The average molecular weight is 279 g/mol. The van der Waals surface area contributed by atoms with Gasteiger partial charge < -0.3 is 14.7 Å². The number of carbonyl (C=O) groups is 1. The van der Waals surface area contributed by atoms with Crippen molar-refractivity contribution in [2.45, 2.75) is 43.9 Å². The number of aliphatic hydroxyl groups is 1. The first-order valence-corrected chi connectivity index (χ1v) is 6.94. The van der Waals surface area contributed by atoms with Crippen LogP contribution in [0.4, 0.5) is 4.39 Å². The Labute approximate surface area is 117 Å². The lowest BCUT2D eigenvalue weighted by Crippen LogP contribution is -2.48. The minimum atomic E-state index is -0.525. The first-order valence-electron chi connectivity index (χ1n) is 6.94. The lowest BCUT2D eigenvalue weighted by atomic mass is 9.98. The maximum absolute atomic E-state index is 13.7. The zero-order valence-electron chi connectivity index (χ0n) is 11.4. The fourth-order valence-corrected chi connectivity index (χ4v) is 3.43. The second-order valence-corrected chi connectivity index (χ2v) is 5.57. The molecule has 1 amide bonds. The smallest absolute Gasteiger partial charge is 0.254 e. The molecule has 4 nitrogen and oxygen atoms in total. The molecule has 1 aromatic carbocycles. The minimum Gasteiger partial charge on any atom is -0.494 e. The van der Waals surface area contributed by atoms with Gasteiger partial charge in [0.25, 0.3) is 5.91 Å². The lowest BCUT2D eigenvalue weighted by Gasteiger charge is -2.37. The third-order valence-electron chi connectivity index (χ3n) is 4.34. The Kier molecular flexibility index (Phi) is 3.38. The number of hydrogen-bond acceptors (Lipinski definition) is 3. The summed E-state index contributed by atoms with van der Waals surface area (Å²) < 4.78 is 18.6. The summed E-state index contributed by atoms with van der Waals surface area (Å²) in [6.45, 7) is 0. The fraction of sp³-hybridized carbons (Fsp3) is 0.533. The Morgan fingerprint density at radius 1 is 1.35 bits per heavy atom. The maximum Gasteiger partial charge on any atom is 0.254 e. The van der Waals surface area contributed by atoms with E-state index in [0.717, 1.165) is 12.8 Å². The molecule has 5 heteroatoms. The summed E-state index contributed by atoms with van der Waals surface area (Å²) in [4.78, 5) is 14.4. The molecular formula is C15H18FNO3. The molecule has 0 aromatic heterocycles. The topological polar surface area (TPSA) is 49.8 Å². The molecule has 1 aromatic rings. The van der Waals surface area contributed by atoms with Crippen molar-refractivity contribution < 1.29 is 19.0 Å². The van der Waals surface area contributed by atoms with E-state index in [4.69, 9.17) is 4.74 Å². The van der Waals surface area contributed by atoms with Gasteiger partial charge in [-0.25, -0.2) is 4.39 Å². The van der Waals surface area contributed by atoms with E-state index in [9.17, 15) is 14.3 Å². The minimum absolute atomic E-state index is 0.0846. The molecule has 2 atom stereocenters. The highest BCUT2D eigenvalue weighted by Gasteiger charge is 2.42. The fourth-order valence-electron chi connectivity index (χ4n) is 3.43. The van der Waals surface area contributed by atoms with Gasteiger partial charge in [0.05, 0.1) is 13.2 Å². The summed E-state index contributed by atoms with van der Waals surface area (Å²) in [5, 5.41) is 9.76. The van der Waals surface area contributed by atoms with Crippen LogP contribution >= 0.6 is 0 Å². The molecule has 108 valence electrons. The van der Waals surface area contributed by atoms with Gasteiger partial charge in [0.15, 0.2) is 11.6 Å². The summed E-state index contributed by atoms with van der Waals surface area (Å²) in [6, 6.07) is 4.46. The van der Waals surface area contributed by atoms with E-state index < -0.39 is 5.82 Å². The SMILES string of the molecule is COc1ccc(C(=O)N2C3CCC2CC(O)C3)cc1F. The van der Waals surface area contributed by atoms with Gasteiger partial charge in [-0.1, -0.05) is 0 Å². The molecule has 2 heterocycles. The van der Waals surface area contributed by atoms with Gasteiger partial charge in [0, 0.05) is 17.6 Å². The molecule has 0 saturated carbocycles. The van der Waals surface area contributed by atoms with Crippen LogP contribution < -0.4 is 4.74 Å². The number of amides is 1. The summed E-state index contributed by atoms with van der Waals surface area (Å²) in [5.41, 5.74) is 0.344. The molecule has 2 bridgehead atoms. The van der Waals surface area contributed by atoms with Crippen LogP contribution in [0.15, 0.2) is 18.2 Å². The van der Waals surface area contributed by atoms with E-state index in [1.807, 2.05) is 4.90 Å². The first-order chi connectivity index (χ1) is 9.60. The number of halogens is 1. The van der Waals surface area contributed by atoms with E-state index in [0.29, 0.717) is 18.4 Å². The van der Waals surface area contributed by atoms with Gasteiger partial charge in [-0.2, -0.15) is 0 Å². The van der Waals surface area contributed by atoms with Crippen LogP contribution in [0.3, 0.4) is 0 Å². The van der Waals surface area contributed by atoms with E-state index >= 15 is 0 Å². The highest BCUT2D eigenvalue weighted by atomic mass is 19.1. The van der Waals surface area contributed by atoms with Crippen LogP contribution in [0.1, 0.15) is 36.0 Å². The van der Waals surface area contributed by atoms with Gasteiger partial charge in [0.2, 0.25) is 0 Å². The van der Waals surface area contributed by atoms with Crippen molar-refractivity contribution in [3.63, 3.8) is 0 Å². The monoisotopic (exact) mass is 279 g/mol. The number of fused-ring (bicyclic) bond motifs is 2. The molecule has 1 N–H and O–H groups in total. The van der Waals surface area contributed by atoms with Gasteiger partial charge in [-0.3, -0.25) is 4.79 Å². The highest BCUT2D eigenvalue weighted by molar-refractivity contribution is 5.95. The van der Waals surface area contributed by atoms with Gasteiger partial charge in [-0.15, -0.1) is 0 Å². The van der Waals surface area contributed by atoms with E-state index in [1.54, 1.807) is 6.07 Å². The van der Waals surface area contributed by atoms with Crippen molar-refractivity contribution in [2.24, 2.45) is 0 Å². The quantitative estimate of drug-likeness (QED) is 0.900. The van der Waals surface area contributed by atoms with Crippen LogP contribution in [0.5, 0.6) is 5.75 Å². The van der Waals surface area contributed by atoms with Crippen molar-refractivity contribution in [3.05, 3.63) is 29.6 Å². The molecule has 0 aliphatic carbocycles. The maximum atomic E-state index is 13.7. The first kappa shape index (κ1) is 13.4. The summed E-state index contributed by atoms with van der Waals surface area (Å²) in [5.74, 6) is -0.535. The van der Waals surface area contributed by atoms with Crippen molar-refractivity contribution in [3.8, 4) is 5.75 Å². The Bertz CT molecular complexity index is 520. The number of nitrogens with zero attached hydrogens (tertiary/aromatic N) is 1. The number of benzene rings is 1.